The van der Waals surface area contributed by atoms with Gasteiger partial charge < -0.3 is 19.7 Å². The Morgan fingerprint density at radius 1 is 1.22 bits per heavy atom. The molecule has 1 heterocycles. The van der Waals surface area contributed by atoms with Crippen LogP contribution in [0.5, 0.6) is 5.75 Å². The molecule has 6 heteroatoms. The normalized spacial score (nSPS) is 15.3. The van der Waals surface area contributed by atoms with Crippen molar-refractivity contribution in [1.29, 1.82) is 0 Å². The van der Waals surface area contributed by atoms with Crippen LogP contribution in [0.4, 0.5) is 0 Å². The molecule has 2 amide bonds. The van der Waals surface area contributed by atoms with Gasteiger partial charge in [0.25, 0.3) is 5.91 Å². The number of benzene rings is 1. The lowest BCUT2D eigenvalue weighted by atomic mass is 9.95. The third kappa shape index (κ3) is 4.45. The molecule has 0 aromatic heterocycles. The molecule has 23 heavy (non-hydrogen) atoms. The second-order valence-corrected chi connectivity index (χ2v) is 5.55. The van der Waals surface area contributed by atoms with E-state index in [0.29, 0.717) is 50.4 Å². The molecule has 1 N–H and O–H groups in total. The van der Waals surface area contributed by atoms with Gasteiger partial charge in [0.1, 0.15) is 5.75 Å². The first-order valence-corrected chi connectivity index (χ1v) is 7.86. The van der Waals surface area contributed by atoms with Crippen molar-refractivity contribution in [2.45, 2.75) is 12.8 Å². The van der Waals surface area contributed by atoms with E-state index in [2.05, 4.69) is 5.32 Å². The van der Waals surface area contributed by atoms with Gasteiger partial charge in [0.05, 0.1) is 19.3 Å². The summed E-state index contributed by atoms with van der Waals surface area (Å²) in [5.41, 5.74) is 0.568. The van der Waals surface area contributed by atoms with Crippen molar-refractivity contribution in [3.8, 4) is 5.75 Å². The molecule has 1 aromatic rings. The average Bonchev–Trinajstić information content (AvgIpc) is 2.61. The highest BCUT2D eigenvalue weighted by atomic mass is 16.5. The molecule has 0 atom stereocenters. The zero-order chi connectivity index (χ0) is 16.7. The number of likely N-dealkylation sites (tertiary alicyclic amines) is 1. The van der Waals surface area contributed by atoms with E-state index in [0.717, 1.165) is 0 Å². The van der Waals surface area contributed by atoms with E-state index < -0.39 is 0 Å². The smallest absolute Gasteiger partial charge is 0.257 e. The first kappa shape index (κ1) is 17.3. The molecule has 0 aliphatic carbocycles. The van der Waals surface area contributed by atoms with Crippen molar-refractivity contribution in [1.82, 2.24) is 10.2 Å². The fraction of sp³-hybridized carbons (Fsp3) is 0.529. The van der Waals surface area contributed by atoms with Crippen LogP contribution in [0.25, 0.3) is 0 Å². The molecule has 126 valence electrons. The third-order valence-electron chi connectivity index (χ3n) is 4.10. The van der Waals surface area contributed by atoms with Gasteiger partial charge in [-0.3, -0.25) is 9.59 Å². The molecule has 1 aromatic carbocycles. The van der Waals surface area contributed by atoms with Gasteiger partial charge in [-0.1, -0.05) is 12.1 Å². The monoisotopic (exact) mass is 320 g/mol. The molecule has 1 saturated heterocycles. The van der Waals surface area contributed by atoms with Crippen molar-refractivity contribution < 1.29 is 19.1 Å². The van der Waals surface area contributed by atoms with E-state index in [1.54, 1.807) is 31.3 Å². The minimum Gasteiger partial charge on any atom is -0.496 e. The number of ether oxygens (including phenoxy) is 2. The topological polar surface area (TPSA) is 67.9 Å². The Morgan fingerprint density at radius 3 is 2.57 bits per heavy atom. The number of hydrogen-bond acceptors (Lipinski definition) is 4. The molecule has 1 fully saturated rings. The summed E-state index contributed by atoms with van der Waals surface area (Å²) in [4.78, 5) is 26.4. The maximum atomic E-state index is 12.6. The number of amides is 2. The molecule has 6 nitrogen and oxygen atoms in total. The molecule has 0 radical (unpaired) electrons. The third-order valence-corrected chi connectivity index (χ3v) is 4.10. The van der Waals surface area contributed by atoms with E-state index in [-0.39, 0.29) is 17.7 Å². The van der Waals surface area contributed by atoms with Crippen LogP contribution in [0.1, 0.15) is 23.2 Å². The van der Waals surface area contributed by atoms with Gasteiger partial charge in [0.2, 0.25) is 5.91 Å². The fourth-order valence-corrected chi connectivity index (χ4v) is 2.76. The number of nitrogens with zero attached hydrogens (tertiary/aromatic N) is 1. The molecule has 0 saturated carbocycles. The molecular formula is C17H24N2O4. The molecule has 0 bridgehead atoms. The highest BCUT2D eigenvalue weighted by molar-refractivity contribution is 5.97. The lowest BCUT2D eigenvalue weighted by molar-refractivity contribution is -0.126. The maximum Gasteiger partial charge on any atom is 0.257 e. The minimum absolute atomic E-state index is 0.0337. The van der Waals surface area contributed by atoms with Crippen LogP contribution in [0.15, 0.2) is 24.3 Å². The Morgan fingerprint density at radius 2 is 1.91 bits per heavy atom. The van der Waals surface area contributed by atoms with Crippen LogP contribution in [0.3, 0.4) is 0 Å². The Kier molecular flexibility index (Phi) is 6.40. The standard InChI is InChI=1S/C17H24N2O4/c1-22-12-9-18-16(20)13-7-10-19(11-8-13)17(21)14-5-3-4-6-15(14)23-2/h3-6,13H,7-12H2,1-2H3,(H,18,20). The number of nitrogens with one attached hydrogen (secondary N) is 1. The van der Waals surface area contributed by atoms with Gasteiger partial charge in [0, 0.05) is 32.7 Å². The predicted molar refractivity (Wildman–Crippen MR) is 86.5 cm³/mol. The fourth-order valence-electron chi connectivity index (χ4n) is 2.76. The summed E-state index contributed by atoms with van der Waals surface area (Å²) < 4.78 is 10.2. The quantitative estimate of drug-likeness (QED) is 0.803. The van der Waals surface area contributed by atoms with E-state index in [1.807, 2.05) is 12.1 Å². The van der Waals surface area contributed by atoms with Crippen LogP contribution in [-0.4, -0.2) is 57.2 Å². The zero-order valence-corrected chi connectivity index (χ0v) is 13.7. The Balaban J connectivity index is 1.89. The van der Waals surface area contributed by atoms with Gasteiger partial charge in [0.15, 0.2) is 0 Å². The van der Waals surface area contributed by atoms with Gasteiger partial charge >= 0.3 is 0 Å². The summed E-state index contributed by atoms with van der Waals surface area (Å²) in [5, 5.41) is 2.86. The summed E-state index contributed by atoms with van der Waals surface area (Å²) in [7, 11) is 3.16. The van der Waals surface area contributed by atoms with Crippen LogP contribution in [0, 0.1) is 5.92 Å². The van der Waals surface area contributed by atoms with Crippen LogP contribution in [0.2, 0.25) is 0 Å². The lowest BCUT2D eigenvalue weighted by Gasteiger charge is -2.31. The van der Waals surface area contributed by atoms with E-state index in [9.17, 15) is 9.59 Å². The van der Waals surface area contributed by atoms with Gasteiger partial charge in [-0.25, -0.2) is 0 Å². The average molecular weight is 320 g/mol. The number of carbonyl (C=O) groups excluding carboxylic acids is 2. The maximum absolute atomic E-state index is 12.6. The van der Waals surface area contributed by atoms with Gasteiger partial charge in [-0.2, -0.15) is 0 Å². The molecule has 1 aliphatic heterocycles. The van der Waals surface area contributed by atoms with E-state index >= 15 is 0 Å². The molecule has 2 rings (SSSR count). The van der Waals surface area contributed by atoms with Gasteiger partial charge in [-0.05, 0) is 25.0 Å². The molecular weight excluding hydrogens is 296 g/mol. The largest absolute Gasteiger partial charge is 0.496 e. The Bertz CT molecular complexity index is 539. The van der Waals surface area contributed by atoms with Crippen molar-refractivity contribution in [3.05, 3.63) is 29.8 Å². The molecule has 0 unspecified atom stereocenters. The summed E-state index contributed by atoms with van der Waals surface area (Å²) >= 11 is 0. The SMILES string of the molecule is COCCNC(=O)C1CCN(C(=O)c2ccccc2OC)CC1. The number of para-hydroxylation sites is 1. The van der Waals surface area contributed by atoms with Crippen LogP contribution in [-0.2, 0) is 9.53 Å². The summed E-state index contributed by atoms with van der Waals surface area (Å²) in [6.45, 7) is 2.20. The summed E-state index contributed by atoms with van der Waals surface area (Å²) in [5.74, 6) is 0.553. The second-order valence-electron chi connectivity index (χ2n) is 5.55. The zero-order valence-electron chi connectivity index (χ0n) is 13.7. The number of carbonyl (C=O) groups is 2. The second kappa shape index (κ2) is 8.53. The highest BCUT2D eigenvalue weighted by Crippen LogP contribution is 2.23. The van der Waals surface area contributed by atoms with Crippen LogP contribution >= 0.6 is 0 Å². The minimum atomic E-state index is -0.0410. The Hall–Kier alpha value is -2.08. The van der Waals surface area contributed by atoms with Gasteiger partial charge in [-0.15, -0.1) is 0 Å². The highest BCUT2D eigenvalue weighted by Gasteiger charge is 2.28. The number of methoxy groups -OCH3 is 2. The number of piperidine rings is 1. The number of hydrogen-bond donors (Lipinski definition) is 1. The van der Waals surface area contributed by atoms with Crippen molar-refractivity contribution in [3.63, 3.8) is 0 Å². The van der Waals surface area contributed by atoms with Crippen LogP contribution < -0.4 is 10.1 Å². The van der Waals surface area contributed by atoms with Crippen molar-refractivity contribution >= 4 is 11.8 Å². The number of rotatable bonds is 6. The molecule has 0 spiro atoms. The van der Waals surface area contributed by atoms with Crippen molar-refractivity contribution in [2.75, 3.05) is 40.5 Å². The first-order chi connectivity index (χ1) is 11.2. The van der Waals surface area contributed by atoms with Crippen molar-refractivity contribution in [2.24, 2.45) is 5.92 Å². The van der Waals surface area contributed by atoms with E-state index in [1.165, 1.54) is 0 Å². The Labute approximate surface area is 136 Å². The summed E-state index contributed by atoms with van der Waals surface area (Å²) in [6, 6.07) is 7.21. The van der Waals surface area contributed by atoms with E-state index in [4.69, 9.17) is 9.47 Å². The molecule has 1 aliphatic rings. The summed E-state index contributed by atoms with van der Waals surface area (Å²) in [6.07, 6.45) is 1.36. The predicted octanol–water partition coefficient (Wildman–Crippen LogP) is 1.31. The lowest BCUT2D eigenvalue weighted by Crippen LogP contribution is -2.43. The first-order valence-electron chi connectivity index (χ1n) is 7.86.